The van der Waals surface area contributed by atoms with E-state index < -0.39 is 0 Å². The molecule has 0 saturated heterocycles. The van der Waals surface area contributed by atoms with Crippen molar-refractivity contribution in [1.82, 2.24) is 0 Å². The molecule has 0 amide bonds. The van der Waals surface area contributed by atoms with Gasteiger partial charge in [0, 0.05) is 0 Å². The van der Waals surface area contributed by atoms with Gasteiger partial charge in [-0.1, -0.05) is 62.9 Å². The van der Waals surface area contributed by atoms with E-state index in [2.05, 4.69) is 69.0 Å². The van der Waals surface area contributed by atoms with Crippen LogP contribution in [0.5, 0.6) is 0 Å². The van der Waals surface area contributed by atoms with Crippen molar-refractivity contribution in [2.24, 2.45) is 0 Å². The van der Waals surface area contributed by atoms with Crippen LogP contribution in [0.3, 0.4) is 0 Å². The summed E-state index contributed by atoms with van der Waals surface area (Å²) in [6, 6.07) is 17.5. The maximum atomic E-state index is 3.94. The van der Waals surface area contributed by atoms with Gasteiger partial charge in [-0.05, 0) is 50.7 Å². The summed E-state index contributed by atoms with van der Waals surface area (Å²) in [5, 5.41) is 5.27. The molecule has 0 aromatic heterocycles. The molecule has 0 heteroatoms. The Labute approximate surface area is 114 Å². The molecule has 3 aromatic rings. The van der Waals surface area contributed by atoms with E-state index >= 15 is 0 Å². The minimum Gasteiger partial charge on any atom is -0.0985 e. The smallest absolute Gasteiger partial charge is 0.0137 e. The van der Waals surface area contributed by atoms with Gasteiger partial charge in [0.2, 0.25) is 0 Å². The molecule has 0 saturated carbocycles. The number of rotatable bonds is 2. The molecule has 0 heterocycles. The fourth-order valence-corrected chi connectivity index (χ4v) is 2.88. The fraction of sp³-hybridized carbons (Fsp3) is 0.158. The minimum absolute atomic E-state index is 0.498. The monoisotopic (exact) mass is 246 g/mol. The molecule has 0 radical (unpaired) electrons. The van der Waals surface area contributed by atoms with Crippen molar-refractivity contribution in [2.75, 3.05) is 0 Å². The molecule has 0 unspecified atom stereocenters. The summed E-state index contributed by atoms with van der Waals surface area (Å²) in [4.78, 5) is 0. The Morgan fingerprint density at radius 2 is 1.58 bits per heavy atom. The van der Waals surface area contributed by atoms with E-state index in [0.717, 1.165) is 0 Å². The Hall–Kier alpha value is -2.08. The molecular weight excluding hydrogens is 228 g/mol. The SMILES string of the molecule is C=Cc1ccc2cc3ccccc3cc2c1C(C)C. The molecule has 0 nitrogen and oxygen atoms in total. The first kappa shape index (κ1) is 12.0. The van der Waals surface area contributed by atoms with Crippen molar-refractivity contribution in [2.45, 2.75) is 19.8 Å². The molecule has 0 aliphatic rings. The zero-order chi connectivity index (χ0) is 13.4. The van der Waals surface area contributed by atoms with Crippen LogP contribution < -0.4 is 0 Å². The lowest BCUT2D eigenvalue weighted by molar-refractivity contribution is 0.874. The van der Waals surface area contributed by atoms with E-state index in [4.69, 9.17) is 0 Å². The maximum absolute atomic E-state index is 3.94. The van der Waals surface area contributed by atoms with E-state index in [9.17, 15) is 0 Å². The average molecular weight is 246 g/mol. The van der Waals surface area contributed by atoms with Crippen LogP contribution in [0.1, 0.15) is 30.9 Å². The lowest BCUT2D eigenvalue weighted by atomic mass is 9.90. The van der Waals surface area contributed by atoms with Crippen LogP contribution in [0.25, 0.3) is 27.6 Å². The highest BCUT2D eigenvalue weighted by molar-refractivity contribution is 6.00. The first-order valence-electron chi connectivity index (χ1n) is 6.78. The van der Waals surface area contributed by atoms with Crippen molar-refractivity contribution in [3.8, 4) is 0 Å². The summed E-state index contributed by atoms with van der Waals surface area (Å²) >= 11 is 0. The van der Waals surface area contributed by atoms with Crippen molar-refractivity contribution < 1.29 is 0 Å². The van der Waals surface area contributed by atoms with E-state index in [1.54, 1.807) is 0 Å². The van der Waals surface area contributed by atoms with Gasteiger partial charge < -0.3 is 0 Å². The Morgan fingerprint density at radius 3 is 2.21 bits per heavy atom. The topological polar surface area (TPSA) is 0 Å². The van der Waals surface area contributed by atoms with Gasteiger partial charge >= 0.3 is 0 Å². The number of hydrogen-bond acceptors (Lipinski definition) is 0. The third-order valence-electron chi connectivity index (χ3n) is 3.76. The van der Waals surface area contributed by atoms with Crippen molar-refractivity contribution >= 4 is 27.6 Å². The molecule has 0 spiro atoms. The van der Waals surface area contributed by atoms with Gasteiger partial charge in [-0.3, -0.25) is 0 Å². The van der Waals surface area contributed by atoms with Crippen LogP contribution in [0.2, 0.25) is 0 Å². The predicted octanol–water partition coefficient (Wildman–Crippen LogP) is 5.76. The van der Waals surface area contributed by atoms with Gasteiger partial charge in [0.15, 0.2) is 0 Å². The van der Waals surface area contributed by atoms with Crippen LogP contribution in [0.15, 0.2) is 55.1 Å². The normalized spacial score (nSPS) is 11.3. The van der Waals surface area contributed by atoms with Crippen molar-refractivity contribution in [3.05, 3.63) is 66.2 Å². The summed E-state index contributed by atoms with van der Waals surface area (Å²) in [7, 11) is 0. The van der Waals surface area contributed by atoms with Crippen LogP contribution in [-0.4, -0.2) is 0 Å². The van der Waals surface area contributed by atoms with Gasteiger partial charge in [0.05, 0.1) is 0 Å². The van der Waals surface area contributed by atoms with Gasteiger partial charge in [-0.15, -0.1) is 0 Å². The fourth-order valence-electron chi connectivity index (χ4n) is 2.88. The molecule has 0 aliphatic carbocycles. The zero-order valence-electron chi connectivity index (χ0n) is 11.5. The van der Waals surface area contributed by atoms with Gasteiger partial charge in [0.25, 0.3) is 0 Å². The van der Waals surface area contributed by atoms with Crippen LogP contribution in [-0.2, 0) is 0 Å². The van der Waals surface area contributed by atoms with Gasteiger partial charge in [0.1, 0.15) is 0 Å². The lowest BCUT2D eigenvalue weighted by Gasteiger charge is -2.15. The minimum atomic E-state index is 0.498. The Bertz CT molecular complexity index is 763. The Kier molecular flexibility index (Phi) is 2.87. The van der Waals surface area contributed by atoms with E-state index in [-0.39, 0.29) is 0 Å². The van der Waals surface area contributed by atoms with E-state index in [1.807, 2.05) is 6.08 Å². The molecule has 0 atom stereocenters. The standard InChI is InChI=1S/C19H18/c1-4-14-9-10-17-11-15-7-5-6-8-16(15)12-18(17)19(14)13(2)3/h4-13H,1H2,2-3H3. The summed E-state index contributed by atoms with van der Waals surface area (Å²) in [6.45, 7) is 8.44. The number of benzene rings is 3. The first-order valence-corrected chi connectivity index (χ1v) is 6.78. The van der Waals surface area contributed by atoms with Crippen molar-refractivity contribution in [3.63, 3.8) is 0 Å². The van der Waals surface area contributed by atoms with Crippen LogP contribution in [0, 0.1) is 0 Å². The molecule has 0 fully saturated rings. The molecule has 94 valence electrons. The summed E-state index contributed by atoms with van der Waals surface area (Å²) in [6.07, 6.45) is 1.96. The Morgan fingerprint density at radius 1 is 0.895 bits per heavy atom. The van der Waals surface area contributed by atoms with Gasteiger partial charge in [-0.2, -0.15) is 0 Å². The summed E-state index contributed by atoms with van der Waals surface area (Å²) < 4.78 is 0. The molecule has 3 aromatic carbocycles. The maximum Gasteiger partial charge on any atom is -0.0137 e. The quantitative estimate of drug-likeness (QED) is 0.504. The second-order valence-corrected chi connectivity index (χ2v) is 5.35. The number of hydrogen-bond donors (Lipinski definition) is 0. The first-order chi connectivity index (χ1) is 9.20. The van der Waals surface area contributed by atoms with Gasteiger partial charge in [-0.25, -0.2) is 0 Å². The third-order valence-corrected chi connectivity index (χ3v) is 3.76. The van der Waals surface area contributed by atoms with Crippen molar-refractivity contribution in [1.29, 1.82) is 0 Å². The highest BCUT2D eigenvalue weighted by Crippen LogP contribution is 2.32. The Balaban J connectivity index is 2.46. The molecular formula is C19H18. The lowest BCUT2D eigenvalue weighted by Crippen LogP contribution is -1.94. The summed E-state index contributed by atoms with van der Waals surface area (Å²) in [5.41, 5.74) is 2.65. The second-order valence-electron chi connectivity index (χ2n) is 5.35. The van der Waals surface area contributed by atoms with Crippen LogP contribution >= 0.6 is 0 Å². The average Bonchev–Trinajstić information content (AvgIpc) is 2.43. The molecule has 3 rings (SSSR count). The largest absolute Gasteiger partial charge is 0.0985 e. The highest BCUT2D eigenvalue weighted by atomic mass is 14.1. The van der Waals surface area contributed by atoms with E-state index in [0.29, 0.717) is 5.92 Å². The second kappa shape index (κ2) is 4.55. The molecule has 0 N–H and O–H groups in total. The zero-order valence-corrected chi connectivity index (χ0v) is 11.5. The summed E-state index contributed by atoms with van der Waals surface area (Å²) in [5.74, 6) is 0.498. The molecule has 0 aliphatic heterocycles. The molecule has 0 bridgehead atoms. The highest BCUT2D eigenvalue weighted by Gasteiger charge is 2.10. The third kappa shape index (κ3) is 1.94. The van der Waals surface area contributed by atoms with E-state index in [1.165, 1.54) is 32.7 Å². The van der Waals surface area contributed by atoms with Crippen LogP contribution in [0.4, 0.5) is 0 Å². The predicted molar refractivity (Wildman–Crippen MR) is 85.6 cm³/mol. The molecule has 19 heavy (non-hydrogen) atoms. The number of fused-ring (bicyclic) bond motifs is 2.